The Morgan fingerprint density at radius 2 is 1.47 bits per heavy atom. The predicted molar refractivity (Wildman–Crippen MR) is 74.5 cm³/mol. The second kappa shape index (κ2) is 5.58. The van der Waals surface area contributed by atoms with E-state index in [1.807, 2.05) is 12.1 Å². The van der Waals surface area contributed by atoms with Crippen molar-refractivity contribution in [2.45, 2.75) is 58.5 Å². The number of alkyl halides is 2. The molecule has 0 saturated carbocycles. The van der Waals surface area contributed by atoms with Crippen molar-refractivity contribution >= 4 is 0 Å². The Hall–Kier alpha value is -0.960. The Bertz CT molecular complexity index is 406. The molecule has 1 N–H and O–H groups in total. The van der Waals surface area contributed by atoms with Crippen LogP contribution in [0.15, 0.2) is 24.3 Å². The summed E-state index contributed by atoms with van der Waals surface area (Å²) < 4.78 is 25.8. The van der Waals surface area contributed by atoms with Crippen LogP contribution in [0.4, 0.5) is 8.78 Å². The van der Waals surface area contributed by atoms with Gasteiger partial charge in [0.15, 0.2) is 0 Å². The minimum absolute atomic E-state index is 0.0111. The van der Waals surface area contributed by atoms with E-state index in [4.69, 9.17) is 0 Å². The average molecular weight is 270 g/mol. The van der Waals surface area contributed by atoms with Crippen molar-refractivity contribution in [1.82, 2.24) is 0 Å². The third-order valence-corrected chi connectivity index (χ3v) is 3.92. The van der Waals surface area contributed by atoms with E-state index in [1.54, 1.807) is 19.1 Å². The zero-order valence-electron chi connectivity index (χ0n) is 12.4. The van der Waals surface area contributed by atoms with Gasteiger partial charge < -0.3 is 5.11 Å². The van der Waals surface area contributed by atoms with Crippen molar-refractivity contribution in [2.75, 3.05) is 0 Å². The number of rotatable bonds is 4. The summed E-state index contributed by atoms with van der Waals surface area (Å²) >= 11 is 0. The zero-order valence-corrected chi connectivity index (χ0v) is 12.4. The fourth-order valence-corrected chi connectivity index (χ4v) is 2.26. The first-order chi connectivity index (χ1) is 8.63. The molecule has 1 aromatic rings. The summed E-state index contributed by atoms with van der Waals surface area (Å²) in [5.41, 5.74) is 0.233. The van der Waals surface area contributed by atoms with Gasteiger partial charge in [0, 0.05) is 0 Å². The summed E-state index contributed by atoms with van der Waals surface area (Å²) in [4.78, 5) is 0. The van der Waals surface area contributed by atoms with Gasteiger partial charge in [-0.05, 0) is 23.0 Å². The van der Waals surface area contributed by atoms with Crippen LogP contribution in [0.1, 0.15) is 52.2 Å². The van der Waals surface area contributed by atoms with Crippen LogP contribution < -0.4 is 0 Å². The molecule has 1 nitrogen and oxygen atoms in total. The first kappa shape index (κ1) is 16.1. The van der Waals surface area contributed by atoms with Crippen LogP contribution in [0.2, 0.25) is 0 Å². The van der Waals surface area contributed by atoms with Gasteiger partial charge in [-0.3, -0.25) is 0 Å². The lowest BCUT2D eigenvalue weighted by molar-refractivity contribution is -0.0847. The quantitative estimate of drug-likeness (QED) is 0.855. The molecule has 2 atom stereocenters. The van der Waals surface area contributed by atoms with E-state index >= 15 is 0 Å². The second-order valence-corrected chi connectivity index (χ2v) is 6.23. The maximum Gasteiger partial charge on any atom is 0.244 e. The third-order valence-electron chi connectivity index (χ3n) is 3.92. The molecule has 0 radical (unpaired) electrons. The molecular formula is C16H24F2O. The molecule has 0 heterocycles. The van der Waals surface area contributed by atoms with Crippen molar-refractivity contribution in [3.8, 4) is 0 Å². The smallest absolute Gasteiger partial charge is 0.244 e. The Kier molecular flexibility index (Phi) is 4.72. The van der Waals surface area contributed by atoms with Crippen LogP contribution in [0.25, 0.3) is 0 Å². The number of hydrogen-bond donors (Lipinski definition) is 1. The maximum absolute atomic E-state index is 12.9. The van der Waals surface area contributed by atoms with E-state index in [0.29, 0.717) is 5.56 Å². The Morgan fingerprint density at radius 3 is 1.79 bits per heavy atom. The molecule has 0 saturated heterocycles. The Balaban J connectivity index is 3.13. The number of hydrogen-bond acceptors (Lipinski definition) is 1. The lowest BCUT2D eigenvalue weighted by Crippen LogP contribution is -2.37. The highest BCUT2D eigenvalue weighted by atomic mass is 19.3. The van der Waals surface area contributed by atoms with Gasteiger partial charge in [0.1, 0.15) is 0 Å². The fourth-order valence-electron chi connectivity index (χ4n) is 2.26. The van der Waals surface area contributed by atoms with Gasteiger partial charge in [-0.15, -0.1) is 0 Å². The van der Waals surface area contributed by atoms with Crippen LogP contribution in [-0.2, 0) is 11.0 Å². The topological polar surface area (TPSA) is 20.2 Å². The van der Waals surface area contributed by atoms with Gasteiger partial charge in [-0.1, -0.05) is 58.9 Å². The summed E-state index contributed by atoms with van der Waals surface area (Å²) in [7, 11) is 0. The Morgan fingerprint density at radius 1 is 1.05 bits per heavy atom. The number of aliphatic hydroxyl groups is 1. The van der Waals surface area contributed by atoms with E-state index in [-0.39, 0.29) is 11.8 Å². The lowest BCUT2D eigenvalue weighted by atomic mass is 9.78. The Labute approximate surface area is 114 Å². The highest BCUT2D eigenvalue weighted by Gasteiger charge is 2.39. The largest absolute Gasteiger partial charge is 0.385 e. The molecular weight excluding hydrogens is 246 g/mol. The first-order valence-corrected chi connectivity index (χ1v) is 6.74. The minimum atomic E-state index is -2.53. The molecule has 0 aliphatic heterocycles. The van der Waals surface area contributed by atoms with Crippen LogP contribution in [-0.4, -0.2) is 11.5 Å². The van der Waals surface area contributed by atoms with Gasteiger partial charge in [-0.25, -0.2) is 8.78 Å². The van der Waals surface area contributed by atoms with Gasteiger partial charge in [0.25, 0.3) is 0 Å². The number of benzene rings is 1. The molecule has 0 spiro atoms. The fraction of sp³-hybridized carbons (Fsp3) is 0.625. The molecule has 19 heavy (non-hydrogen) atoms. The SMILES string of the molecule is CCC(O)(c1ccc(C(C)(C)C)cc1)C(C)C(F)F. The third kappa shape index (κ3) is 3.33. The number of halogens is 2. The molecule has 0 aliphatic rings. The summed E-state index contributed by atoms with van der Waals surface area (Å²) in [5.74, 6) is -1.09. The molecule has 0 fully saturated rings. The average Bonchev–Trinajstić information content (AvgIpc) is 2.36. The standard InChI is InChI=1S/C16H24F2O/c1-6-16(19,11(2)14(17)18)13-9-7-12(8-10-13)15(3,4)5/h7-11,14,19H,6H2,1-5H3. The van der Waals surface area contributed by atoms with Crippen LogP contribution >= 0.6 is 0 Å². The molecule has 0 aromatic heterocycles. The van der Waals surface area contributed by atoms with Gasteiger partial charge >= 0.3 is 0 Å². The summed E-state index contributed by atoms with van der Waals surface area (Å²) in [5, 5.41) is 10.5. The highest BCUT2D eigenvalue weighted by Crippen LogP contribution is 2.37. The zero-order chi connectivity index (χ0) is 14.8. The summed E-state index contributed by atoms with van der Waals surface area (Å²) in [6.45, 7) is 9.41. The van der Waals surface area contributed by atoms with Crippen molar-refractivity contribution in [2.24, 2.45) is 5.92 Å². The first-order valence-electron chi connectivity index (χ1n) is 6.74. The van der Waals surface area contributed by atoms with Crippen LogP contribution in [0.3, 0.4) is 0 Å². The monoisotopic (exact) mass is 270 g/mol. The predicted octanol–water partition coefficient (Wildman–Crippen LogP) is 4.48. The lowest BCUT2D eigenvalue weighted by Gasteiger charge is -2.34. The van der Waals surface area contributed by atoms with Gasteiger partial charge in [-0.2, -0.15) is 0 Å². The van der Waals surface area contributed by atoms with Crippen molar-refractivity contribution < 1.29 is 13.9 Å². The van der Waals surface area contributed by atoms with Crippen LogP contribution in [0.5, 0.6) is 0 Å². The van der Waals surface area contributed by atoms with Gasteiger partial charge in [0.2, 0.25) is 6.43 Å². The molecule has 2 unspecified atom stereocenters. The van der Waals surface area contributed by atoms with Crippen molar-refractivity contribution in [1.29, 1.82) is 0 Å². The van der Waals surface area contributed by atoms with Gasteiger partial charge in [0.05, 0.1) is 11.5 Å². The van der Waals surface area contributed by atoms with E-state index in [2.05, 4.69) is 20.8 Å². The summed E-state index contributed by atoms with van der Waals surface area (Å²) in [6, 6.07) is 7.36. The van der Waals surface area contributed by atoms with E-state index in [9.17, 15) is 13.9 Å². The molecule has 1 aromatic carbocycles. The molecule has 3 heteroatoms. The molecule has 108 valence electrons. The summed E-state index contributed by atoms with van der Waals surface area (Å²) in [6.07, 6.45) is -2.26. The van der Waals surface area contributed by atoms with E-state index in [1.165, 1.54) is 6.92 Å². The molecule has 0 aliphatic carbocycles. The molecule has 0 amide bonds. The normalized spacial score (nSPS) is 17.3. The minimum Gasteiger partial charge on any atom is -0.385 e. The highest BCUT2D eigenvalue weighted by molar-refractivity contribution is 5.31. The molecule has 1 rings (SSSR count). The molecule has 0 bridgehead atoms. The van der Waals surface area contributed by atoms with E-state index in [0.717, 1.165) is 5.56 Å². The van der Waals surface area contributed by atoms with Crippen molar-refractivity contribution in [3.05, 3.63) is 35.4 Å². The van der Waals surface area contributed by atoms with E-state index < -0.39 is 17.9 Å². The maximum atomic E-state index is 12.9. The van der Waals surface area contributed by atoms with Crippen LogP contribution in [0, 0.1) is 5.92 Å². The second-order valence-electron chi connectivity index (χ2n) is 6.23. The van der Waals surface area contributed by atoms with Crippen molar-refractivity contribution in [3.63, 3.8) is 0 Å².